The third-order valence-corrected chi connectivity index (χ3v) is 3.12. The molecule has 0 radical (unpaired) electrons. The number of benzene rings is 2. The Labute approximate surface area is 117 Å². The van der Waals surface area contributed by atoms with Crippen molar-refractivity contribution in [3.8, 4) is 11.5 Å². The zero-order valence-electron chi connectivity index (χ0n) is 10.6. The maximum absolute atomic E-state index is 12.2. The molecule has 0 unspecified atom stereocenters. The summed E-state index contributed by atoms with van der Waals surface area (Å²) in [6.07, 6.45) is -4.69. The Hall–Kier alpha value is -2.50. The third-order valence-electron chi connectivity index (χ3n) is 3.12. The van der Waals surface area contributed by atoms with Gasteiger partial charge in [-0.3, -0.25) is 0 Å². The Morgan fingerprint density at radius 2 is 1.76 bits per heavy atom. The van der Waals surface area contributed by atoms with E-state index in [0.29, 0.717) is 23.5 Å². The molecule has 0 fully saturated rings. The number of carbonyl (C=O) groups excluding carboxylic acids is 1. The number of hydrogen-bond donors (Lipinski definition) is 0. The van der Waals surface area contributed by atoms with Crippen molar-refractivity contribution in [3.63, 3.8) is 0 Å². The second-order valence-corrected chi connectivity index (χ2v) is 4.50. The SMILES string of the molecule is O=C(OC(F)(F)F)c1cccc2c1Cc1ccccc1O2. The zero-order chi connectivity index (χ0) is 15.0. The van der Waals surface area contributed by atoms with Crippen LogP contribution in [0.4, 0.5) is 13.2 Å². The van der Waals surface area contributed by atoms with E-state index in [1.54, 1.807) is 30.3 Å². The van der Waals surface area contributed by atoms with Crippen LogP contribution in [0.15, 0.2) is 42.5 Å². The minimum atomic E-state index is -5.01. The largest absolute Gasteiger partial charge is 0.575 e. The van der Waals surface area contributed by atoms with Gasteiger partial charge >= 0.3 is 12.3 Å². The molecule has 3 nitrogen and oxygen atoms in total. The fraction of sp³-hybridized carbons (Fsp3) is 0.133. The molecule has 0 saturated carbocycles. The predicted molar refractivity (Wildman–Crippen MR) is 67.2 cm³/mol. The Morgan fingerprint density at radius 1 is 1.05 bits per heavy atom. The van der Waals surface area contributed by atoms with Gasteiger partial charge in [-0.2, -0.15) is 0 Å². The average molecular weight is 294 g/mol. The van der Waals surface area contributed by atoms with Crippen LogP contribution in [0.1, 0.15) is 21.5 Å². The highest BCUT2D eigenvalue weighted by atomic mass is 19.4. The van der Waals surface area contributed by atoms with Gasteiger partial charge in [-0.15, -0.1) is 13.2 Å². The van der Waals surface area contributed by atoms with Gasteiger partial charge in [0.05, 0.1) is 5.56 Å². The van der Waals surface area contributed by atoms with Crippen LogP contribution >= 0.6 is 0 Å². The van der Waals surface area contributed by atoms with Crippen LogP contribution in [0, 0.1) is 0 Å². The van der Waals surface area contributed by atoms with Gasteiger partial charge in [0, 0.05) is 12.0 Å². The van der Waals surface area contributed by atoms with E-state index in [0.717, 1.165) is 5.56 Å². The maximum Gasteiger partial charge on any atom is 0.575 e. The number of esters is 1. The summed E-state index contributed by atoms with van der Waals surface area (Å²) in [5, 5.41) is 0. The van der Waals surface area contributed by atoms with Crippen molar-refractivity contribution in [2.24, 2.45) is 0 Å². The van der Waals surface area contributed by atoms with Gasteiger partial charge in [0.2, 0.25) is 0 Å². The summed E-state index contributed by atoms with van der Waals surface area (Å²) in [7, 11) is 0. The van der Waals surface area contributed by atoms with Crippen molar-refractivity contribution in [2.75, 3.05) is 0 Å². The molecule has 0 aliphatic carbocycles. The smallest absolute Gasteiger partial charge is 0.457 e. The van der Waals surface area contributed by atoms with Crippen LogP contribution in [-0.2, 0) is 11.2 Å². The van der Waals surface area contributed by atoms with Crippen molar-refractivity contribution >= 4 is 5.97 Å². The van der Waals surface area contributed by atoms with Gasteiger partial charge in [-0.25, -0.2) is 4.79 Å². The van der Waals surface area contributed by atoms with Crippen LogP contribution in [0.2, 0.25) is 0 Å². The van der Waals surface area contributed by atoms with Crippen molar-refractivity contribution in [1.29, 1.82) is 0 Å². The lowest BCUT2D eigenvalue weighted by Gasteiger charge is -2.22. The summed E-state index contributed by atoms with van der Waals surface area (Å²) >= 11 is 0. The number of alkyl halides is 3. The van der Waals surface area contributed by atoms with Crippen molar-refractivity contribution in [2.45, 2.75) is 12.8 Å². The number of para-hydroxylation sites is 1. The van der Waals surface area contributed by atoms with E-state index >= 15 is 0 Å². The highest BCUT2D eigenvalue weighted by Gasteiger charge is 2.35. The summed E-state index contributed by atoms with van der Waals surface area (Å²) in [5.41, 5.74) is 1.06. The van der Waals surface area contributed by atoms with Crippen molar-refractivity contribution < 1.29 is 27.4 Å². The lowest BCUT2D eigenvalue weighted by molar-refractivity contribution is -0.291. The lowest BCUT2D eigenvalue weighted by atomic mass is 9.96. The van der Waals surface area contributed by atoms with Crippen LogP contribution in [-0.4, -0.2) is 12.3 Å². The Morgan fingerprint density at radius 3 is 2.52 bits per heavy atom. The average Bonchev–Trinajstić information content (AvgIpc) is 2.42. The fourth-order valence-electron chi connectivity index (χ4n) is 2.25. The summed E-state index contributed by atoms with van der Waals surface area (Å²) in [6, 6.07) is 11.5. The molecule has 0 amide bonds. The maximum atomic E-state index is 12.2. The highest BCUT2D eigenvalue weighted by Crippen LogP contribution is 2.38. The predicted octanol–water partition coefficient (Wildman–Crippen LogP) is 4.06. The monoisotopic (exact) mass is 294 g/mol. The first-order chi connectivity index (χ1) is 9.94. The zero-order valence-corrected chi connectivity index (χ0v) is 10.6. The van der Waals surface area contributed by atoms with Gasteiger partial charge < -0.3 is 9.47 Å². The molecule has 1 aliphatic rings. The summed E-state index contributed by atoms with van der Waals surface area (Å²) in [5.74, 6) is -0.431. The number of hydrogen-bond acceptors (Lipinski definition) is 3. The number of fused-ring (bicyclic) bond motifs is 2. The first-order valence-corrected chi connectivity index (χ1v) is 6.12. The molecule has 21 heavy (non-hydrogen) atoms. The molecule has 0 aromatic heterocycles. The second-order valence-electron chi connectivity index (χ2n) is 4.50. The quantitative estimate of drug-likeness (QED) is 0.635. The molecule has 0 N–H and O–H groups in total. The van der Waals surface area contributed by atoms with Gasteiger partial charge in [0.1, 0.15) is 11.5 Å². The molecule has 0 spiro atoms. The van der Waals surface area contributed by atoms with E-state index in [2.05, 4.69) is 4.74 Å². The Bertz CT molecular complexity index is 708. The molecule has 1 heterocycles. The minimum Gasteiger partial charge on any atom is -0.457 e. The number of ether oxygens (including phenoxy) is 2. The molecule has 3 rings (SSSR count). The molecule has 0 saturated heterocycles. The molecule has 1 aliphatic heterocycles. The molecule has 2 aromatic rings. The van der Waals surface area contributed by atoms with E-state index in [1.165, 1.54) is 12.1 Å². The third kappa shape index (κ3) is 2.69. The molecule has 2 aromatic carbocycles. The Kier molecular flexibility index (Phi) is 3.08. The van der Waals surface area contributed by atoms with E-state index < -0.39 is 12.3 Å². The minimum absolute atomic E-state index is 0.140. The molecule has 0 atom stereocenters. The molecular weight excluding hydrogens is 285 g/mol. The summed E-state index contributed by atoms with van der Waals surface area (Å²) < 4.78 is 45.7. The first-order valence-electron chi connectivity index (χ1n) is 6.12. The van der Waals surface area contributed by atoms with Gasteiger partial charge in [-0.1, -0.05) is 24.3 Å². The van der Waals surface area contributed by atoms with Crippen LogP contribution in [0.3, 0.4) is 0 Å². The van der Waals surface area contributed by atoms with E-state index in [-0.39, 0.29) is 5.56 Å². The van der Waals surface area contributed by atoms with Gasteiger partial charge in [0.15, 0.2) is 0 Å². The summed E-state index contributed by atoms with van der Waals surface area (Å²) in [6.45, 7) is 0. The normalized spacial score (nSPS) is 12.9. The van der Waals surface area contributed by atoms with Crippen molar-refractivity contribution in [1.82, 2.24) is 0 Å². The highest BCUT2D eigenvalue weighted by molar-refractivity contribution is 5.92. The van der Waals surface area contributed by atoms with Gasteiger partial charge in [0.25, 0.3) is 0 Å². The molecule has 108 valence electrons. The van der Waals surface area contributed by atoms with E-state index in [4.69, 9.17) is 4.74 Å². The summed E-state index contributed by atoms with van der Waals surface area (Å²) in [4.78, 5) is 11.6. The molecule has 0 bridgehead atoms. The van der Waals surface area contributed by atoms with Crippen LogP contribution < -0.4 is 4.74 Å². The van der Waals surface area contributed by atoms with Gasteiger partial charge in [-0.05, 0) is 23.8 Å². The van der Waals surface area contributed by atoms with E-state index in [1.807, 2.05) is 0 Å². The second kappa shape index (κ2) is 4.80. The van der Waals surface area contributed by atoms with Crippen molar-refractivity contribution in [3.05, 3.63) is 59.2 Å². The number of rotatable bonds is 1. The van der Waals surface area contributed by atoms with Crippen LogP contribution in [0.25, 0.3) is 0 Å². The van der Waals surface area contributed by atoms with Crippen LogP contribution in [0.5, 0.6) is 11.5 Å². The molecule has 6 heteroatoms. The topological polar surface area (TPSA) is 35.5 Å². The van der Waals surface area contributed by atoms with E-state index in [9.17, 15) is 18.0 Å². The standard InChI is InChI=1S/C15H9F3O3/c16-15(17,18)21-14(19)10-5-3-7-13-11(10)8-9-4-1-2-6-12(9)20-13/h1-7H,8H2. The number of halogens is 3. The fourth-order valence-corrected chi connectivity index (χ4v) is 2.25. The lowest BCUT2D eigenvalue weighted by Crippen LogP contribution is -2.21. The first kappa shape index (κ1) is 13.5. The number of carbonyl (C=O) groups is 1. The molecular formula is C15H9F3O3. The Balaban J connectivity index is 1.98.